The van der Waals surface area contributed by atoms with Gasteiger partial charge < -0.3 is 11.5 Å². The summed E-state index contributed by atoms with van der Waals surface area (Å²) in [6.45, 7) is 0. The number of carbonyl (C=O) groups excluding carboxylic acids is 1. The van der Waals surface area contributed by atoms with Gasteiger partial charge in [-0.15, -0.1) is 0 Å². The lowest BCUT2D eigenvalue weighted by atomic mass is 10.1. The summed E-state index contributed by atoms with van der Waals surface area (Å²) in [6.07, 6.45) is 1.56. The molecule has 0 spiro atoms. The van der Waals surface area contributed by atoms with Crippen LogP contribution in [-0.2, 0) is 0 Å². The van der Waals surface area contributed by atoms with E-state index < -0.39 is 5.91 Å². The van der Waals surface area contributed by atoms with Gasteiger partial charge in [-0.05, 0) is 6.07 Å². The van der Waals surface area contributed by atoms with Gasteiger partial charge in [0.15, 0.2) is 0 Å². The minimum absolute atomic E-state index is 0.131. The maximum absolute atomic E-state index is 11.0. The molecule has 2 rings (SSSR count). The molecule has 1 heterocycles. The van der Waals surface area contributed by atoms with Crippen LogP contribution in [0.1, 0.15) is 10.4 Å². The summed E-state index contributed by atoms with van der Waals surface area (Å²) in [7, 11) is 0. The third kappa shape index (κ3) is 1.24. The van der Waals surface area contributed by atoms with E-state index in [1.807, 2.05) is 0 Å². The van der Waals surface area contributed by atoms with Crippen molar-refractivity contribution < 1.29 is 4.79 Å². The van der Waals surface area contributed by atoms with Gasteiger partial charge in [0.2, 0.25) is 5.95 Å². The molecule has 0 aliphatic rings. The van der Waals surface area contributed by atoms with E-state index >= 15 is 0 Å². The molecule has 5 nitrogen and oxygen atoms in total. The average molecular weight is 188 g/mol. The van der Waals surface area contributed by atoms with Gasteiger partial charge in [0, 0.05) is 11.6 Å². The number of benzene rings is 1. The van der Waals surface area contributed by atoms with E-state index in [0.29, 0.717) is 11.1 Å². The van der Waals surface area contributed by atoms with Crippen LogP contribution in [0.15, 0.2) is 24.4 Å². The highest BCUT2D eigenvalue weighted by Gasteiger charge is 2.07. The third-order valence-electron chi connectivity index (χ3n) is 1.89. The monoisotopic (exact) mass is 188 g/mol. The van der Waals surface area contributed by atoms with Crippen molar-refractivity contribution in [1.82, 2.24) is 9.97 Å². The maximum Gasteiger partial charge on any atom is 0.250 e. The molecule has 0 aliphatic heterocycles. The number of carbonyl (C=O) groups is 1. The molecular weight excluding hydrogens is 180 g/mol. The van der Waals surface area contributed by atoms with Crippen molar-refractivity contribution in [3.63, 3.8) is 0 Å². The highest BCUT2D eigenvalue weighted by molar-refractivity contribution is 6.04. The number of para-hydroxylation sites is 1. The van der Waals surface area contributed by atoms with Gasteiger partial charge in [-0.3, -0.25) is 4.79 Å². The molecule has 70 valence electrons. The van der Waals surface area contributed by atoms with E-state index in [4.69, 9.17) is 11.5 Å². The number of amides is 1. The molecule has 0 saturated heterocycles. The Morgan fingerprint density at radius 2 is 2.14 bits per heavy atom. The molecule has 5 heteroatoms. The van der Waals surface area contributed by atoms with Crippen LogP contribution in [0.25, 0.3) is 10.9 Å². The molecule has 4 N–H and O–H groups in total. The number of nitrogens with two attached hydrogens (primary N) is 2. The van der Waals surface area contributed by atoms with Crippen molar-refractivity contribution in [3.05, 3.63) is 30.0 Å². The number of aromatic nitrogens is 2. The average Bonchev–Trinajstić information content (AvgIpc) is 2.16. The molecular formula is C9H8N4O. The number of hydrogen-bond acceptors (Lipinski definition) is 4. The molecule has 0 saturated carbocycles. The van der Waals surface area contributed by atoms with Crippen LogP contribution in [0.3, 0.4) is 0 Å². The normalized spacial score (nSPS) is 10.3. The Bertz CT molecular complexity index is 509. The van der Waals surface area contributed by atoms with Crippen molar-refractivity contribution in [3.8, 4) is 0 Å². The van der Waals surface area contributed by atoms with Gasteiger partial charge in [0.1, 0.15) is 0 Å². The first-order valence-electron chi connectivity index (χ1n) is 3.99. The second-order valence-electron chi connectivity index (χ2n) is 2.84. The molecule has 0 fully saturated rings. The summed E-state index contributed by atoms with van der Waals surface area (Å²) in [4.78, 5) is 18.8. The van der Waals surface area contributed by atoms with E-state index in [2.05, 4.69) is 9.97 Å². The fourth-order valence-corrected chi connectivity index (χ4v) is 1.27. The van der Waals surface area contributed by atoms with Crippen molar-refractivity contribution in [2.45, 2.75) is 0 Å². The van der Waals surface area contributed by atoms with Crippen LogP contribution in [0.2, 0.25) is 0 Å². The predicted molar refractivity (Wildman–Crippen MR) is 52.5 cm³/mol. The number of primary amides is 1. The zero-order chi connectivity index (χ0) is 10.1. The minimum Gasteiger partial charge on any atom is -0.368 e. The highest BCUT2D eigenvalue weighted by atomic mass is 16.1. The molecule has 2 aromatic rings. The molecule has 0 atom stereocenters. The summed E-state index contributed by atoms with van der Waals surface area (Å²) in [6, 6.07) is 5.13. The first-order chi connectivity index (χ1) is 6.68. The van der Waals surface area contributed by atoms with Gasteiger partial charge in [-0.25, -0.2) is 9.97 Å². The summed E-state index contributed by atoms with van der Waals surface area (Å²) in [5.41, 5.74) is 11.5. The number of nitrogens with zero attached hydrogens (tertiary/aromatic N) is 2. The Kier molecular flexibility index (Phi) is 1.78. The molecule has 1 aromatic carbocycles. The first kappa shape index (κ1) is 8.43. The molecule has 0 aliphatic carbocycles. The van der Waals surface area contributed by atoms with Crippen LogP contribution in [0.5, 0.6) is 0 Å². The molecule has 0 unspecified atom stereocenters. The standard InChI is InChI=1S/C9H8N4O/c10-8(14)6-3-1-2-5-4-12-9(11)13-7(5)6/h1-4H,(H2,10,14)(H2,11,12,13). The molecule has 1 amide bonds. The van der Waals surface area contributed by atoms with Crippen LogP contribution >= 0.6 is 0 Å². The van der Waals surface area contributed by atoms with E-state index in [1.54, 1.807) is 24.4 Å². The summed E-state index contributed by atoms with van der Waals surface area (Å²) < 4.78 is 0. The van der Waals surface area contributed by atoms with Gasteiger partial charge in [0.25, 0.3) is 5.91 Å². The van der Waals surface area contributed by atoms with Crippen molar-refractivity contribution in [2.24, 2.45) is 5.73 Å². The van der Waals surface area contributed by atoms with E-state index in [-0.39, 0.29) is 5.95 Å². The summed E-state index contributed by atoms with van der Waals surface area (Å²) >= 11 is 0. The topological polar surface area (TPSA) is 94.9 Å². The molecule has 0 bridgehead atoms. The fraction of sp³-hybridized carbons (Fsp3) is 0. The Labute approximate surface area is 79.8 Å². The van der Waals surface area contributed by atoms with Crippen molar-refractivity contribution >= 4 is 22.8 Å². The second-order valence-corrected chi connectivity index (χ2v) is 2.84. The Morgan fingerprint density at radius 1 is 1.36 bits per heavy atom. The number of anilines is 1. The number of hydrogen-bond donors (Lipinski definition) is 2. The largest absolute Gasteiger partial charge is 0.368 e. The summed E-state index contributed by atoms with van der Waals surface area (Å²) in [5, 5.41) is 0.746. The van der Waals surface area contributed by atoms with E-state index in [9.17, 15) is 4.79 Å². The summed E-state index contributed by atoms with van der Waals surface area (Å²) in [5.74, 6) is -0.389. The minimum atomic E-state index is -0.520. The van der Waals surface area contributed by atoms with E-state index in [0.717, 1.165) is 5.39 Å². The predicted octanol–water partition coefficient (Wildman–Crippen LogP) is 0.311. The molecule has 1 aromatic heterocycles. The van der Waals surface area contributed by atoms with E-state index in [1.165, 1.54) is 0 Å². The highest BCUT2D eigenvalue weighted by Crippen LogP contribution is 2.15. The SMILES string of the molecule is NC(=O)c1cccc2cnc(N)nc12. The fourth-order valence-electron chi connectivity index (χ4n) is 1.27. The lowest BCUT2D eigenvalue weighted by Crippen LogP contribution is -2.12. The van der Waals surface area contributed by atoms with Crippen LogP contribution in [-0.4, -0.2) is 15.9 Å². The third-order valence-corrected chi connectivity index (χ3v) is 1.89. The van der Waals surface area contributed by atoms with Gasteiger partial charge in [-0.1, -0.05) is 12.1 Å². The molecule has 0 radical (unpaired) electrons. The number of nitrogen functional groups attached to an aromatic ring is 1. The lowest BCUT2D eigenvalue weighted by Gasteiger charge is -2.01. The van der Waals surface area contributed by atoms with Crippen LogP contribution < -0.4 is 11.5 Å². The number of rotatable bonds is 1. The maximum atomic E-state index is 11.0. The zero-order valence-corrected chi connectivity index (χ0v) is 7.27. The van der Waals surface area contributed by atoms with Crippen molar-refractivity contribution in [2.75, 3.05) is 5.73 Å². The van der Waals surface area contributed by atoms with Crippen molar-refractivity contribution in [1.29, 1.82) is 0 Å². The van der Waals surface area contributed by atoms with Crippen LogP contribution in [0, 0.1) is 0 Å². The Hall–Kier alpha value is -2.17. The Morgan fingerprint density at radius 3 is 2.86 bits per heavy atom. The first-order valence-corrected chi connectivity index (χ1v) is 3.99. The molecule has 14 heavy (non-hydrogen) atoms. The lowest BCUT2D eigenvalue weighted by molar-refractivity contribution is 0.100. The van der Waals surface area contributed by atoms with Crippen LogP contribution in [0.4, 0.5) is 5.95 Å². The second kappa shape index (κ2) is 2.95. The van der Waals surface area contributed by atoms with Gasteiger partial charge in [0.05, 0.1) is 11.1 Å². The smallest absolute Gasteiger partial charge is 0.250 e. The van der Waals surface area contributed by atoms with Gasteiger partial charge in [-0.2, -0.15) is 0 Å². The zero-order valence-electron chi connectivity index (χ0n) is 7.27. The number of fused-ring (bicyclic) bond motifs is 1. The van der Waals surface area contributed by atoms with Gasteiger partial charge >= 0.3 is 0 Å². The quantitative estimate of drug-likeness (QED) is 0.673. The Balaban J connectivity index is 2.84.